The second kappa shape index (κ2) is 4.11. The van der Waals surface area contributed by atoms with Crippen LogP contribution in [0.15, 0.2) is 48.5 Å². The van der Waals surface area contributed by atoms with Crippen LogP contribution >= 0.6 is 0 Å². The van der Waals surface area contributed by atoms with Gasteiger partial charge < -0.3 is 4.74 Å². The molecule has 16 heavy (non-hydrogen) atoms. The molecule has 0 radical (unpaired) electrons. The monoisotopic (exact) mass is 210 g/mol. The van der Waals surface area contributed by atoms with Crippen LogP contribution in [0.2, 0.25) is 0 Å². The molecule has 0 saturated carbocycles. The fourth-order valence-electron chi connectivity index (χ4n) is 2.08. The van der Waals surface area contributed by atoms with E-state index >= 15 is 0 Å². The van der Waals surface area contributed by atoms with Gasteiger partial charge in [0.15, 0.2) is 0 Å². The first-order valence-corrected chi connectivity index (χ1v) is 5.69. The standard InChI is InChI=1S/C13H10.C2H4O/c1-3-7-12-10(5-1)9-11-6-2-4-8-13(11)12;1-2-3-1/h1-8H,9H2;1-2H2. The average molecular weight is 210 g/mol. The molecule has 1 heterocycles. The second-order valence-corrected chi connectivity index (χ2v) is 4.10. The third kappa shape index (κ3) is 1.86. The smallest absolute Gasteiger partial charge is 0.0701 e. The number of rotatable bonds is 0. The molecular weight excluding hydrogens is 196 g/mol. The summed E-state index contributed by atoms with van der Waals surface area (Å²) in [7, 11) is 0. The first-order chi connectivity index (χ1) is 7.95. The molecule has 0 bridgehead atoms. The van der Waals surface area contributed by atoms with Crippen LogP contribution in [0.1, 0.15) is 11.1 Å². The van der Waals surface area contributed by atoms with Gasteiger partial charge in [-0.2, -0.15) is 0 Å². The molecule has 80 valence electrons. The van der Waals surface area contributed by atoms with Gasteiger partial charge in [0.05, 0.1) is 13.2 Å². The highest BCUT2D eigenvalue weighted by molar-refractivity contribution is 5.76. The number of hydrogen-bond donors (Lipinski definition) is 0. The summed E-state index contributed by atoms with van der Waals surface area (Å²) >= 11 is 0. The van der Waals surface area contributed by atoms with E-state index in [0.717, 1.165) is 19.6 Å². The summed E-state index contributed by atoms with van der Waals surface area (Å²) in [5.74, 6) is 0. The largest absolute Gasteiger partial charge is 0.377 e. The summed E-state index contributed by atoms with van der Waals surface area (Å²) < 4.78 is 4.50. The highest BCUT2D eigenvalue weighted by Gasteiger charge is 2.15. The minimum atomic E-state index is 1.00. The van der Waals surface area contributed by atoms with Crippen molar-refractivity contribution in [2.45, 2.75) is 6.42 Å². The average Bonchev–Trinajstić information content (AvgIpc) is 3.16. The van der Waals surface area contributed by atoms with Crippen LogP contribution in [-0.4, -0.2) is 13.2 Å². The minimum absolute atomic E-state index is 1.00. The lowest BCUT2D eigenvalue weighted by molar-refractivity contribution is 0.475. The van der Waals surface area contributed by atoms with Crippen LogP contribution in [0.3, 0.4) is 0 Å². The van der Waals surface area contributed by atoms with E-state index in [1.807, 2.05) is 0 Å². The van der Waals surface area contributed by atoms with Crippen LogP contribution in [0.4, 0.5) is 0 Å². The molecule has 1 nitrogen and oxygen atoms in total. The summed E-state index contributed by atoms with van der Waals surface area (Å²) in [5, 5.41) is 0. The van der Waals surface area contributed by atoms with Gasteiger partial charge in [-0.05, 0) is 28.7 Å². The van der Waals surface area contributed by atoms with Crippen LogP contribution in [-0.2, 0) is 11.2 Å². The number of ether oxygens (including phenoxy) is 1. The molecular formula is C15H14O. The second-order valence-electron chi connectivity index (χ2n) is 4.10. The molecule has 1 heteroatoms. The number of epoxide rings is 1. The molecule has 4 rings (SSSR count). The molecule has 2 aromatic rings. The van der Waals surface area contributed by atoms with E-state index in [0.29, 0.717) is 0 Å². The Bertz CT molecular complexity index is 454. The van der Waals surface area contributed by atoms with Gasteiger partial charge in [0, 0.05) is 0 Å². The van der Waals surface area contributed by atoms with E-state index in [1.54, 1.807) is 0 Å². The fraction of sp³-hybridized carbons (Fsp3) is 0.200. The Kier molecular flexibility index (Phi) is 2.47. The highest BCUT2D eigenvalue weighted by Crippen LogP contribution is 2.35. The van der Waals surface area contributed by atoms with E-state index in [9.17, 15) is 0 Å². The summed E-state index contributed by atoms with van der Waals surface area (Å²) in [6, 6.07) is 17.3. The van der Waals surface area contributed by atoms with E-state index < -0.39 is 0 Å². The Hall–Kier alpha value is -1.60. The third-order valence-electron chi connectivity index (χ3n) is 2.91. The lowest BCUT2D eigenvalue weighted by Gasteiger charge is -1.98. The molecule has 0 spiro atoms. The molecule has 2 aromatic carbocycles. The first-order valence-electron chi connectivity index (χ1n) is 5.69. The molecule has 1 aliphatic heterocycles. The van der Waals surface area contributed by atoms with Crippen LogP contribution in [0, 0.1) is 0 Å². The molecule has 2 aliphatic rings. The predicted molar refractivity (Wildman–Crippen MR) is 65.5 cm³/mol. The zero-order valence-corrected chi connectivity index (χ0v) is 9.15. The van der Waals surface area contributed by atoms with Gasteiger partial charge in [-0.3, -0.25) is 0 Å². The maximum Gasteiger partial charge on any atom is 0.0701 e. The van der Waals surface area contributed by atoms with Gasteiger partial charge >= 0.3 is 0 Å². The Morgan fingerprint density at radius 2 is 1.12 bits per heavy atom. The van der Waals surface area contributed by atoms with Gasteiger partial charge in [-0.15, -0.1) is 0 Å². The zero-order valence-electron chi connectivity index (χ0n) is 9.15. The molecule has 0 amide bonds. The topological polar surface area (TPSA) is 12.5 Å². The van der Waals surface area contributed by atoms with Crippen molar-refractivity contribution in [1.29, 1.82) is 0 Å². The molecule has 0 atom stereocenters. The van der Waals surface area contributed by atoms with E-state index in [4.69, 9.17) is 0 Å². The number of hydrogen-bond acceptors (Lipinski definition) is 1. The van der Waals surface area contributed by atoms with Crippen molar-refractivity contribution in [1.82, 2.24) is 0 Å². The minimum Gasteiger partial charge on any atom is -0.377 e. The summed E-state index contributed by atoms with van der Waals surface area (Å²) in [5.41, 5.74) is 5.75. The number of benzene rings is 2. The SMILES string of the molecule is C1CO1.c1ccc2c(c1)Cc1ccccc1-2. The molecule has 1 fully saturated rings. The molecule has 0 unspecified atom stereocenters. The van der Waals surface area contributed by atoms with Crippen molar-refractivity contribution in [3.63, 3.8) is 0 Å². The van der Waals surface area contributed by atoms with Crippen molar-refractivity contribution in [2.24, 2.45) is 0 Å². The van der Waals surface area contributed by atoms with Gasteiger partial charge in [0.1, 0.15) is 0 Å². The van der Waals surface area contributed by atoms with Gasteiger partial charge in [-0.1, -0.05) is 48.5 Å². The van der Waals surface area contributed by atoms with Crippen molar-refractivity contribution >= 4 is 0 Å². The maximum absolute atomic E-state index is 4.50. The summed E-state index contributed by atoms with van der Waals surface area (Å²) in [6.07, 6.45) is 1.10. The molecule has 0 N–H and O–H groups in total. The van der Waals surface area contributed by atoms with E-state index in [2.05, 4.69) is 53.3 Å². The van der Waals surface area contributed by atoms with Crippen molar-refractivity contribution < 1.29 is 4.74 Å². The zero-order chi connectivity index (χ0) is 10.8. The lowest BCUT2D eigenvalue weighted by Crippen LogP contribution is -1.77. The molecule has 0 aromatic heterocycles. The van der Waals surface area contributed by atoms with Crippen LogP contribution in [0.25, 0.3) is 11.1 Å². The first kappa shape index (κ1) is 9.61. The maximum atomic E-state index is 4.50. The van der Waals surface area contributed by atoms with Crippen molar-refractivity contribution in [2.75, 3.05) is 13.2 Å². The fourth-order valence-corrected chi connectivity index (χ4v) is 2.08. The summed E-state index contributed by atoms with van der Waals surface area (Å²) in [6.45, 7) is 2.00. The Balaban J connectivity index is 0.000000235. The molecule has 1 saturated heterocycles. The predicted octanol–water partition coefficient (Wildman–Crippen LogP) is 3.27. The van der Waals surface area contributed by atoms with Crippen molar-refractivity contribution in [3.8, 4) is 11.1 Å². The lowest BCUT2D eigenvalue weighted by atomic mass is 10.1. The third-order valence-corrected chi connectivity index (χ3v) is 2.91. The van der Waals surface area contributed by atoms with Crippen LogP contribution < -0.4 is 0 Å². The van der Waals surface area contributed by atoms with Crippen LogP contribution in [0.5, 0.6) is 0 Å². The molecule has 1 aliphatic carbocycles. The van der Waals surface area contributed by atoms with E-state index in [-0.39, 0.29) is 0 Å². The Morgan fingerprint density at radius 3 is 1.56 bits per heavy atom. The Morgan fingerprint density at radius 1 is 0.688 bits per heavy atom. The Labute approximate surface area is 95.7 Å². The summed E-state index contributed by atoms with van der Waals surface area (Å²) in [4.78, 5) is 0. The van der Waals surface area contributed by atoms with Crippen molar-refractivity contribution in [3.05, 3.63) is 59.7 Å². The quantitative estimate of drug-likeness (QED) is 0.519. The highest BCUT2D eigenvalue weighted by atomic mass is 16.6. The normalized spacial score (nSPS) is 14.5. The van der Waals surface area contributed by atoms with Gasteiger partial charge in [0.2, 0.25) is 0 Å². The number of fused-ring (bicyclic) bond motifs is 3. The van der Waals surface area contributed by atoms with Gasteiger partial charge in [0.25, 0.3) is 0 Å². The van der Waals surface area contributed by atoms with Gasteiger partial charge in [-0.25, -0.2) is 0 Å². The van der Waals surface area contributed by atoms with E-state index in [1.165, 1.54) is 22.3 Å².